The predicted molar refractivity (Wildman–Crippen MR) is 161 cm³/mol. The Balaban J connectivity index is 1.39. The molecule has 228 valence electrons. The van der Waals surface area contributed by atoms with E-state index in [1.165, 1.54) is 30.3 Å². The Kier molecular flexibility index (Phi) is 7.12. The maximum atomic E-state index is 14.0. The molecule has 1 aliphatic heterocycles. The fourth-order valence-corrected chi connectivity index (χ4v) is 5.81. The monoisotopic (exact) mass is 630 g/mol. The molecule has 15 heteroatoms. The van der Waals surface area contributed by atoms with E-state index in [2.05, 4.69) is 4.52 Å². The number of hydrogen-bond donors (Lipinski definition) is 2. The highest BCUT2D eigenvalue weighted by atomic mass is 31.2. The summed E-state index contributed by atoms with van der Waals surface area (Å²) in [5.41, 5.74) is 2.10. The number of carbonyl (C=O) groups excluding carboxylic acids is 3. The Labute approximate surface area is 253 Å². The number of aromatic nitrogens is 2. The molecule has 0 saturated carbocycles. The number of carbonyl (C=O) groups is 3. The smallest absolute Gasteiger partial charge is 0.440 e. The Bertz CT molecular complexity index is 2160. The molecule has 6 rings (SSSR count). The summed E-state index contributed by atoms with van der Waals surface area (Å²) in [7, 11) is -1.32. The van der Waals surface area contributed by atoms with Gasteiger partial charge in [0.05, 0.1) is 27.1 Å². The van der Waals surface area contributed by atoms with E-state index in [9.17, 15) is 29.1 Å². The predicted octanol–water partition coefficient (Wildman–Crippen LogP) is 4.14. The maximum absolute atomic E-state index is 14.0. The van der Waals surface area contributed by atoms with Gasteiger partial charge < -0.3 is 18.4 Å². The molecule has 2 aromatic heterocycles. The lowest BCUT2D eigenvalue weighted by atomic mass is 9.95. The standard InChI is InChI=1S/C30H23N4O10P/c1-31-14-22(20-5-3-4-6-24(20)31)26-27(23-15-32(2)25-13-18(34(38)39)9-12-21(23)25)29(36)33(28(26)35)16-43-30(37)17-7-10-19(11-8-17)44-45(40,41)42/h3-15H,16H2,1-2H3,(H2,40,41,42). The van der Waals surface area contributed by atoms with Crippen LogP contribution in [0.4, 0.5) is 5.69 Å². The lowest BCUT2D eigenvalue weighted by Gasteiger charge is -2.15. The van der Waals surface area contributed by atoms with Gasteiger partial charge in [-0.2, -0.15) is 0 Å². The summed E-state index contributed by atoms with van der Waals surface area (Å²) in [5.74, 6) is -2.52. The molecule has 14 nitrogen and oxygen atoms in total. The van der Waals surface area contributed by atoms with Crippen LogP contribution >= 0.6 is 7.82 Å². The fourth-order valence-electron chi connectivity index (χ4n) is 5.41. The summed E-state index contributed by atoms with van der Waals surface area (Å²) >= 11 is 0. The molecule has 0 atom stereocenters. The summed E-state index contributed by atoms with van der Waals surface area (Å²) in [5, 5.41) is 12.6. The molecule has 0 aliphatic carbocycles. The molecule has 0 saturated heterocycles. The average Bonchev–Trinajstić information content (AvgIpc) is 3.58. The number of phosphoric acid groups is 1. The van der Waals surface area contributed by atoms with Crippen molar-refractivity contribution >= 4 is 64.2 Å². The Morgan fingerprint density at radius 3 is 2.04 bits per heavy atom. The molecule has 45 heavy (non-hydrogen) atoms. The Morgan fingerprint density at radius 2 is 1.44 bits per heavy atom. The molecule has 1 aliphatic rings. The van der Waals surface area contributed by atoms with Crippen molar-refractivity contribution in [1.29, 1.82) is 0 Å². The fraction of sp³-hybridized carbons (Fsp3) is 0.100. The van der Waals surface area contributed by atoms with Crippen LogP contribution in [0.2, 0.25) is 0 Å². The lowest BCUT2D eigenvalue weighted by Crippen LogP contribution is -2.34. The second-order valence-electron chi connectivity index (χ2n) is 10.2. The van der Waals surface area contributed by atoms with Crippen molar-refractivity contribution in [3.05, 3.63) is 106 Å². The average molecular weight is 631 g/mol. The lowest BCUT2D eigenvalue weighted by molar-refractivity contribution is -0.384. The zero-order valence-electron chi connectivity index (χ0n) is 23.6. The number of esters is 1. The summed E-state index contributed by atoms with van der Waals surface area (Å²) in [6.45, 7) is -0.731. The van der Waals surface area contributed by atoms with Crippen LogP contribution in [0.25, 0.3) is 33.0 Å². The van der Waals surface area contributed by atoms with Crippen LogP contribution < -0.4 is 4.52 Å². The third-order valence-electron chi connectivity index (χ3n) is 7.43. The number of benzene rings is 3. The van der Waals surface area contributed by atoms with Crippen molar-refractivity contribution in [3.63, 3.8) is 0 Å². The topological polar surface area (TPSA) is 183 Å². The van der Waals surface area contributed by atoms with Gasteiger partial charge in [-0.05, 0) is 36.4 Å². The van der Waals surface area contributed by atoms with E-state index in [0.29, 0.717) is 27.4 Å². The quantitative estimate of drug-likeness (QED) is 0.0830. The summed E-state index contributed by atoms with van der Waals surface area (Å²) < 4.78 is 24.3. The van der Waals surface area contributed by atoms with Gasteiger partial charge in [0, 0.05) is 66.0 Å². The van der Waals surface area contributed by atoms with Gasteiger partial charge in [-0.25, -0.2) is 14.3 Å². The van der Waals surface area contributed by atoms with Gasteiger partial charge in [-0.3, -0.25) is 29.5 Å². The second kappa shape index (κ2) is 10.9. The number of rotatable bonds is 8. The van der Waals surface area contributed by atoms with Gasteiger partial charge in [0.2, 0.25) is 0 Å². The molecule has 3 aromatic carbocycles. The van der Waals surface area contributed by atoms with Crippen LogP contribution in [-0.2, 0) is 33.0 Å². The summed E-state index contributed by atoms with van der Waals surface area (Å²) in [4.78, 5) is 70.5. The second-order valence-corrected chi connectivity index (χ2v) is 11.4. The minimum absolute atomic E-state index is 0.0229. The number of nitro benzene ring substituents is 1. The minimum Gasteiger partial charge on any atom is -0.440 e. The van der Waals surface area contributed by atoms with Crippen molar-refractivity contribution in [2.24, 2.45) is 14.1 Å². The van der Waals surface area contributed by atoms with Gasteiger partial charge in [-0.1, -0.05) is 18.2 Å². The van der Waals surface area contributed by atoms with Crippen LogP contribution in [0.3, 0.4) is 0 Å². The molecule has 0 spiro atoms. The van der Waals surface area contributed by atoms with Gasteiger partial charge in [0.25, 0.3) is 17.5 Å². The Morgan fingerprint density at radius 1 is 0.867 bits per heavy atom. The maximum Gasteiger partial charge on any atom is 0.524 e. The van der Waals surface area contributed by atoms with Crippen molar-refractivity contribution in [3.8, 4) is 5.75 Å². The van der Waals surface area contributed by atoms with Crippen molar-refractivity contribution in [2.75, 3.05) is 6.73 Å². The van der Waals surface area contributed by atoms with E-state index in [1.807, 2.05) is 22.8 Å². The molecule has 3 heterocycles. The first kappa shape index (κ1) is 29.5. The molecule has 5 aromatic rings. The number of ether oxygens (including phenoxy) is 1. The van der Waals surface area contributed by atoms with E-state index in [4.69, 9.17) is 14.5 Å². The van der Waals surface area contributed by atoms with Gasteiger partial charge in [0.1, 0.15) is 5.75 Å². The van der Waals surface area contributed by atoms with E-state index in [0.717, 1.165) is 22.5 Å². The molecular formula is C30H23N4O10P. The zero-order valence-corrected chi connectivity index (χ0v) is 24.5. The molecule has 2 N–H and O–H groups in total. The highest BCUT2D eigenvalue weighted by Crippen LogP contribution is 2.42. The molecule has 0 unspecified atom stereocenters. The van der Waals surface area contributed by atoms with Crippen LogP contribution in [-0.4, -0.2) is 53.3 Å². The first-order valence-corrected chi connectivity index (χ1v) is 14.8. The summed E-state index contributed by atoms with van der Waals surface area (Å²) in [6.07, 6.45) is 3.36. The van der Waals surface area contributed by atoms with Gasteiger partial charge in [0.15, 0.2) is 6.73 Å². The van der Waals surface area contributed by atoms with Crippen molar-refractivity contribution in [1.82, 2.24) is 14.0 Å². The highest BCUT2D eigenvalue weighted by Gasteiger charge is 2.42. The number of phosphoric ester groups is 1. The van der Waals surface area contributed by atoms with Crippen LogP contribution in [0.15, 0.2) is 79.1 Å². The van der Waals surface area contributed by atoms with Crippen molar-refractivity contribution in [2.45, 2.75) is 0 Å². The highest BCUT2D eigenvalue weighted by molar-refractivity contribution is 7.46. The number of aryl methyl sites for hydroxylation is 2. The number of nitro groups is 1. The van der Waals surface area contributed by atoms with E-state index in [1.54, 1.807) is 37.1 Å². The SMILES string of the molecule is Cn1cc(C2=C(c3cn(C)c4cc([N+](=O)[O-])ccc34)C(=O)N(COC(=O)c3ccc(OP(=O)(O)O)cc3)C2=O)c2ccccc21. The number of fused-ring (bicyclic) bond motifs is 2. The third-order valence-corrected chi connectivity index (χ3v) is 7.88. The van der Waals surface area contributed by atoms with E-state index in [-0.39, 0.29) is 28.1 Å². The molecular weight excluding hydrogens is 607 g/mol. The van der Waals surface area contributed by atoms with Gasteiger partial charge in [-0.15, -0.1) is 0 Å². The van der Waals surface area contributed by atoms with Crippen LogP contribution in [0, 0.1) is 10.1 Å². The zero-order chi connectivity index (χ0) is 32.2. The molecule has 2 amide bonds. The van der Waals surface area contributed by atoms with Gasteiger partial charge >= 0.3 is 13.8 Å². The number of nitrogens with zero attached hydrogens (tertiary/aromatic N) is 4. The minimum atomic E-state index is -4.80. The molecule has 0 bridgehead atoms. The Hall–Kier alpha value is -5.56. The number of non-ortho nitro benzene ring substituents is 1. The molecule has 0 radical (unpaired) electrons. The normalized spacial score (nSPS) is 13.7. The van der Waals surface area contributed by atoms with E-state index >= 15 is 0 Å². The number of imide groups is 1. The number of amides is 2. The largest absolute Gasteiger partial charge is 0.524 e. The molecule has 0 fully saturated rings. The van der Waals surface area contributed by atoms with Crippen LogP contribution in [0.1, 0.15) is 21.5 Å². The number of para-hydroxylation sites is 1. The van der Waals surface area contributed by atoms with E-state index < -0.39 is 37.3 Å². The number of hydrogen-bond acceptors (Lipinski definition) is 8. The summed E-state index contributed by atoms with van der Waals surface area (Å²) in [6, 6.07) is 16.3. The first-order valence-electron chi connectivity index (χ1n) is 13.2. The first-order chi connectivity index (χ1) is 21.3. The van der Waals surface area contributed by atoms with Crippen LogP contribution in [0.5, 0.6) is 5.75 Å². The third kappa shape index (κ3) is 5.27. The van der Waals surface area contributed by atoms with Crippen molar-refractivity contribution < 1.29 is 42.9 Å².